The smallest absolute Gasteiger partial charge is 0.267 e. The number of rotatable bonds is 30. The quantitative estimate of drug-likeness (QED) is 0.0346. The van der Waals surface area contributed by atoms with Gasteiger partial charge in [-0.15, -0.1) is 11.6 Å². The fraction of sp³-hybridized carbons (Fsp3) is 0.526. The fourth-order valence-corrected chi connectivity index (χ4v) is 10.3. The van der Waals surface area contributed by atoms with Crippen LogP contribution in [0.15, 0.2) is 115 Å². The van der Waals surface area contributed by atoms with Gasteiger partial charge in [-0.25, -0.2) is 8.78 Å². The topological polar surface area (TPSA) is 91.4 Å². The number of carbonyl (C=O) groups excluding carboxylic acids is 1. The predicted octanol–water partition coefficient (Wildman–Crippen LogP) is 10.1. The van der Waals surface area contributed by atoms with Gasteiger partial charge in [0.1, 0.15) is 0 Å². The summed E-state index contributed by atoms with van der Waals surface area (Å²) < 4.78 is 28.5. The molecule has 0 spiro atoms. The van der Waals surface area contributed by atoms with Crippen LogP contribution in [-0.4, -0.2) is 133 Å². The molecule has 1 aromatic heterocycles. The van der Waals surface area contributed by atoms with Gasteiger partial charge in [0.05, 0.1) is 42.6 Å². The standard InChI is InChI=1S/C57H80ClF2N9O/c1-41-19-21-48(22-20-41)18-14-16-43(3)62-26-12-11-15-42(2)36-65-55-34-56(70)68(47(55)7)39-53(58)46(6)67-31-29-66(30-32-67)28-13-9-10-17-49-23-24-54-52(33-49)51(25-27-63-54)45(5)64-37-44(4)69-40-57(59,60)35-50(69)38-61-8/h19-25,27,33,42,50,53,55,62,64-65H,3-18,26,28-32,34-40H2,1-2H3. The number of aromatic nitrogens is 1. The van der Waals surface area contributed by atoms with Crippen LogP contribution in [0, 0.1) is 12.8 Å². The first-order chi connectivity index (χ1) is 33.6. The maximum atomic E-state index is 14.2. The number of piperazine rings is 1. The van der Waals surface area contributed by atoms with Crippen molar-refractivity contribution in [3.05, 3.63) is 133 Å². The predicted molar refractivity (Wildman–Crippen MR) is 288 cm³/mol. The highest BCUT2D eigenvalue weighted by Crippen LogP contribution is 2.34. The zero-order chi connectivity index (χ0) is 50.2. The lowest BCUT2D eigenvalue weighted by atomic mass is 10.0. The van der Waals surface area contributed by atoms with E-state index in [4.69, 9.17) is 11.6 Å². The van der Waals surface area contributed by atoms with Crippen molar-refractivity contribution in [3.63, 3.8) is 0 Å². The number of carbonyl (C=O) groups is 1. The minimum Gasteiger partial charge on any atom is -0.389 e. The van der Waals surface area contributed by atoms with Crippen LogP contribution in [0.3, 0.4) is 0 Å². The molecule has 70 heavy (non-hydrogen) atoms. The van der Waals surface area contributed by atoms with Gasteiger partial charge in [-0.1, -0.05) is 88.6 Å². The highest BCUT2D eigenvalue weighted by molar-refractivity contribution is 6.22. The monoisotopic (exact) mass is 980 g/mol. The first kappa shape index (κ1) is 54.3. The van der Waals surface area contributed by atoms with E-state index in [2.05, 4.69) is 132 Å². The lowest BCUT2D eigenvalue weighted by Gasteiger charge is -2.38. The number of aryl methyl sites for hydroxylation is 3. The Kier molecular flexibility index (Phi) is 20.5. The number of hydrogen-bond acceptors (Lipinski definition) is 9. The number of unbranched alkanes of at least 4 members (excludes halogenated alkanes) is 3. The normalized spacial score (nSPS) is 19.1. The highest BCUT2D eigenvalue weighted by Gasteiger charge is 2.45. The van der Waals surface area contributed by atoms with Gasteiger partial charge in [0.2, 0.25) is 5.91 Å². The molecule has 0 bridgehead atoms. The molecule has 3 aliphatic heterocycles. The van der Waals surface area contributed by atoms with E-state index in [0.29, 0.717) is 36.8 Å². The largest absolute Gasteiger partial charge is 0.389 e. The average Bonchev–Trinajstić information content (AvgIpc) is 3.80. The Hall–Kier alpha value is -5.04. The second-order valence-electron chi connectivity index (χ2n) is 20.1. The van der Waals surface area contributed by atoms with Crippen molar-refractivity contribution < 1.29 is 13.6 Å². The molecule has 3 aromatic rings. The van der Waals surface area contributed by atoms with Gasteiger partial charge in [-0.2, -0.15) is 0 Å². The van der Waals surface area contributed by atoms with E-state index in [-0.39, 0.29) is 36.8 Å². The van der Waals surface area contributed by atoms with Crippen LogP contribution in [0.1, 0.15) is 93.4 Å². The van der Waals surface area contributed by atoms with Gasteiger partial charge < -0.3 is 30.7 Å². The second kappa shape index (κ2) is 26.4. The Bertz CT molecular complexity index is 2270. The SMILES string of the molecule is C=NCC1CC(F)(F)CN1C(=C)CNC(=C)c1ccnc2ccc(CCCCCN3CCN(C(=C)C(Cl)CN4C(=C)C(NCC(C)CCCCNC(=C)CCCc5ccc(C)cc5)CC4=O)CC3)cc12. The van der Waals surface area contributed by atoms with Crippen molar-refractivity contribution in [2.75, 3.05) is 72.0 Å². The molecule has 380 valence electrons. The molecule has 0 aliphatic carbocycles. The van der Waals surface area contributed by atoms with Crippen LogP contribution in [-0.2, 0) is 17.6 Å². The third kappa shape index (κ3) is 16.0. The van der Waals surface area contributed by atoms with Crippen molar-refractivity contribution in [2.24, 2.45) is 10.9 Å². The van der Waals surface area contributed by atoms with Gasteiger partial charge in [0.15, 0.2) is 0 Å². The molecule has 3 N–H and O–H groups in total. The number of hydrogen-bond donors (Lipinski definition) is 3. The molecule has 3 aliphatic rings. The van der Waals surface area contributed by atoms with E-state index in [1.165, 1.54) is 16.7 Å². The molecule has 2 aromatic carbocycles. The summed E-state index contributed by atoms with van der Waals surface area (Å²) >= 11 is 6.98. The van der Waals surface area contributed by atoms with Gasteiger partial charge in [-0.05, 0) is 113 Å². The molecule has 4 heterocycles. The van der Waals surface area contributed by atoms with Crippen LogP contribution in [0.4, 0.5) is 8.78 Å². The summed E-state index contributed by atoms with van der Waals surface area (Å²) in [6, 6.07) is 16.7. The van der Waals surface area contributed by atoms with Crippen LogP contribution in [0.25, 0.3) is 16.6 Å². The van der Waals surface area contributed by atoms with Gasteiger partial charge in [-0.3, -0.25) is 19.7 Å². The summed E-state index contributed by atoms with van der Waals surface area (Å²) in [4.78, 5) is 29.8. The Labute approximate surface area is 423 Å². The molecule has 6 rings (SSSR count). The molecule has 3 fully saturated rings. The summed E-state index contributed by atoms with van der Waals surface area (Å²) in [5.41, 5.74) is 9.83. The lowest BCUT2D eigenvalue weighted by molar-refractivity contribution is -0.126. The number of likely N-dealkylation sites (tertiary alicyclic amines) is 2. The van der Waals surface area contributed by atoms with Gasteiger partial charge >= 0.3 is 0 Å². The number of fused-ring (bicyclic) bond motifs is 1. The first-order valence-electron chi connectivity index (χ1n) is 25.7. The molecule has 0 saturated carbocycles. The van der Waals surface area contributed by atoms with Crippen LogP contribution >= 0.6 is 11.6 Å². The van der Waals surface area contributed by atoms with E-state index in [0.717, 1.165) is 144 Å². The van der Waals surface area contributed by atoms with E-state index in [1.807, 2.05) is 6.07 Å². The number of benzene rings is 2. The van der Waals surface area contributed by atoms with Crippen LogP contribution < -0.4 is 16.0 Å². The van der Waals surface area contributed by atoms with Crippen molar-refractivity contribution >= 4 is 40.8 Å². The van der Waals surface area contributed by atoms with Gasteiger partial charge in [0, 0.05) is 97.7 Å². The van der Waals surface area contributed by atoms with E-state index in [1.54, 1.807) is 16.0 Å². The van der Waals surface area contributed by atoms with Crippen LogP contribution in [0.2, 0.25) is 0 Å². The minimum absolute atomic E-state index is 0.0661. The zero-order valence-corrected chi connectivity index (χ0v) is 43.0. The van der Waals surface area contributed by atoms with E-state index < -0.39 is 12.0 Å². The summed E-state index contributed by atoms with van der Waals surface area (Å²) in [6.07, 6.45) is 12.8. The fourth-order valence-electron chi connectivity index (χ4n) is 10.00. The Morgan fingerprint density at radius 3 is 2.44 bits per heavy atom. The molecule has 4 unspecified atom stereocenters. The van der Waals surface area contributed by atoms with Crippen molar-refractivity contribution in [1.82, 2.24) is 40.5 Å². The van der Waals surface area contributed by atoms with Crippen molar-refractivity contribution in [2.45, 2.75) is 114 Å². The Morgan fingerprint density at radius 2 is 1.69 bits per heavy atom. The van der Waals surface area contributed by atoms with E-state index >= 15 is 0 Å². The molecular weight excluding hydrogens is 900 g/mol. The number of halogens is 3. The summed E-state index contributed by atoms with van der Waals surface area (Å²) in [7, 11) is 0. The molecule has 1 amide bonds. The van der Waals surface area contributed by atoms with Crippen molar-refractivity contribution in [3.8, 4) is 0 Å². The summed E-state index contributed by atoms with van der Waals surface area (Å²) in [6.45, 7) is 36.3. The van der Waals surface area contributed by atoms with Gasteiger partial charge in [0.25, 0.3) is 5.92 Å². The number of pyridine rings is 1. The number of allylic oxidation sites excluding steroid dienone is 1. The number of nitrogens with zero attached hydrogens (tertiary/aromatic N) is 6. The molecule has 3 saturated heterocycles. The second-order valence-corrected chi connectivity index (χ2v) is 20.6. The maximum absolute atomic E-state index is 14.2. The first-order valence-corrected chi connectivity index (χ1v) is 26.1. The zero-order valence-electron chi connectivity index (χ0n) is 42.2. The Morgan fingerprint density at radius 1 is 0.943 bits per heavy atom. The molecule has 10 nitrogen and oxygen atoms in total. The van der Waals surface area contributed by atoms with Crippen LogP contribution in [0.5, 0.6) is 0 Å². The highest BCUT2D eigenvalue weighted by atomic mass is 35.5. The third-order valence-electron chi connectivity index (χ3n) is 14.4. The number of aliphatic imine (C=N–C) groups is 1. The summed E-state index contributed by atoms with van der Waals surface area (Å²) in [5.74, 6) is -2.21. The minimum atomic E-state index is -2.77. The van der Waals surface area contributed by atoms with Crippen molar-refractivity contribution in [1.29, 1.82) is 0 Å². The number of nitrogens with one attached hydrogen (secondary N) is 3. The number of amides is 1. The molecule has 13 heteroatoms. The number of alkyl halides is 3. The van der Waals surface area contributed by atoms with E-state index in [9.17, 15) is 13.6 Å². The third-order valence-corrected chi connectivity index (χ3v) is 14.8. The summed E-state index contributed by atoms with van der Waals surface area (Å²) in [5, 5.41) is 11.1. The average molecular weight is 981 g/mol. The molecule has 0 radical (unpaired) electrons. The maximum Gasteiger partial charge on any atom is 0.267 e. The Balaban J connectivity index is 0.821. The molecular formula is C57H80ClF2N9O. The lowest BCUT2D eigenvalue weighted by Crippen LogP contribution is -2.48. The molecule has 4 atom stereocenters.